The maximum absolute atomic E-state index is 11.7. The Kier molecular flexibility index (Phi) is 17.1. The molecule has 404 valence electrons. The lowest BCUT2D eigenvalue weighted by atomic mass is 9.50. The fourth-order valence-corrected chi connectivity index (χ4v) is 16.7. The van der Waals surface area contributed by atoms with Crippen molar-refractivity contribution in [2.45, 2.75) is 205 Å². The minimum absolute atomic E-state index is 0.226. The van der Waals surface area contributed by atoms with Gasteiger partial charge >= 0.3 is 0 Å². The molecule has 0 spiro atoms. The van der Waals surface area contributed by atoms with Gasteiger partial charge in [-0.15, -0.1) is 10.2 Å². The molecule has 8 aliphatic carbocycles. The lowest BCUT2D eigenvalue weighted by Crippen LogP contribution is -2.71. The van der Waals surface area contributed by atoms with Crippen molar-refractivity contribution in [3.05, 3.63) is 23.8 Å². The van der Waals surface area contributed by atoms with Crippen molar-refractivity contribution in [3.8, 4) is 0 Å². The smallest absolute Gasteiger partial charge is 0.217 e. The van der Waals surface area contributed by atoms with Crippen molar-refractivity contribution in [2.24, 2.45) is 46.3 Å². The summed E-state index contributed by atoms with van der Waals surface area (Å²) in [5.74, 6) is 4.95. The Morgan fingerprint density at radius 2 is 0.889 bits per heavy atom. The molecule has 2 aliphatic heterocycles. The summed E-state index contributed by atoms with van der Waals surface area (Å²) >= 11 is 0. The van der Waals surface area contributed by atoms with Crippen LogP contribution in [0.25, 0.3) is 0 Å². The summed E-state index contributed by atoms with van der Waals surface area (Å²) in [5.41, 5.74) is 2.36. The number of aromatic nitrogens is 6. The number of aliphatic hydroxyl groups excluding tert-OH is 6. The molecule has 20 nitrogen and oxygen atoms in total. The SMILES string of the molecule is CC[C@@H]1[C@H](NC(C)=O)[C@@H](O)[C@H](O)[C@@H](CO)N1CCn1cc(COCC23CC4CC(CC(C4)C2)C3)nn1.CC[C@H]1[C@H](NC(C)=O)[C@@H](O)[C@H](O)[C@@H](CO)N1CCn1cc(COCC23CC4CC(CC(C4)C2)C3)nn1. The van der Waals surface area contributed by atoms with Crippen molar-refractivity contribution in [1.29, 1.82) is 0 Å². The number of hydrogen-bond donors (Lipinski definition) is 8. The zero-order valence-corrected chi connectivity index (χ0v) is 43.3. The van der Waals surface area contributed by atoms with Gasteiger partial charge in [0.25, 0.3) is 0 Å². The third-order valence-corrected chi connectivity index (χ3v) is 18.7. The van der Waals surface area contributed by atoms with Gasteiger partial charge in [0.15, 0.2) is 0 Å². The van der Waals surface area contributed by atoms with E-state index in [-0.39, 0.29) is 37.1 Å². The lowest BCUT2D eigenvalue weighted by Gasteiger charge is -2.56. The average Bonchev–Trinajstić information content (AvgIpc) is 3.99. The second kappa shape index (κ2) is 23.0. The van der Waals surface area contributed by atoms with E-state index in [1.165, 1.54) is 90.9 Å². The maximum Gasteiger partial charge on any atom is 0.217 e. The van der Waals surface area contributed by atoms with Crippen LogP contribution in [0, 0.1) is 46.3 Å². The molecule has 8 N–H and O–H groups in total. The first kappa shape index (κ1) is 53.6. The van der Waals surface area contributed by atoms with Gasteiger partial charge in [0, 0.05) is 39.0 Å². The number of rotatable bonds is 20. The summed E-state index contributed by atoms with van der Waals surface area (Å²) in [6.45, 7) is 10.7. The molecule has 12 rings (SSSR count). The molecule has 2 saturated heterocycles. The van der Waals surface area contributed by atoms with Crippen molar-refractivity contribution in [2.75, 3.05) is 39.5 Å². The first-order valence-electron chi connectivity index (χ1n) is 27.5. The summed E-state index contributed by atoms with van der Waals surface area (Å²) in [5, 5.41) is 85.1. The van der Waals surface area contributed by atoms with E-state index in [0.29, 0.717) is 63.1 Å². The van der Waals surface area contributed by atoms with E-state index >= 15 is 0 Å². The van der Waals surface area contributed by atoms with Gasteiger partial charge in [-0.05, 0) is 136 Å². The third-order valence-electron chi connectivity index (χ3n) is 18.7. The molecule has 10 atom stereocenters. The molecule has 72 heavy (non-hydrogen) atoms. The van der Waals surface area contributed by atoms with Crippen molar-refractivity contribution < 1.29 is 49.7 Å². The predicted octanol–water partition coefficient (Wildman–Crippen LogP) is 1.39. The Hall–Kier alpha value is -3.18. The second-order valence-corrected chi connectivity index (χ2v) is 24.1. The van der Waals surface area contributed by atoms with E-state index in [2.05, 4.69) is 31.3 Å². The molecule has 0 unspecified atom stereocenters. The van der Waals surface area contributed by atoms with Gasteiger partial charge in [-0.2, -0.15) is 0 Å². The molecule has 8 saturated carbocycles. The number of amides is 2. The number of hydrogen-bond acceptors (Lipinski definition) is 16. The second-order valence-electron chi connectivity index (χ2n) is 24.1. The number of aliphatic hydroxyl groups is 6. The topological polar surface area (TPSA) is 266 Å². The fourth-order valence-electron chi connectivity index (χ4n) is 16.7. The number of piperidine rings is 2. The van der Waals surface area contributed by atoms with Crippen LogP contribution < -0.4 is 10.6 Å². The summed E-state index contributed by atoms with van der Waals surface area (Å²) in [6, 6.07) is -2.93. The molecular formula is C52H86N10O10. The standard InChI is InChI=1S/2C26H43N5O5/c2*1-3-21-23(27-16(2)33)25(35)24(34)22(13-32)31(21)5-4-30-12-20(28-29-30)14-36-15-26-9-17-6-18(10-26)8-19(7-17)11-26/h2*12,17-19,21-25,32,34-35H,3-11,13-15H2,1-2H3,(H,27,33)/t17?,18?,19?,21-,22+,23-,24+,25+,26?;17?,18?,19?,21-,22-,23+,24-,25-,26?/m01/s1. The molecule has 2 aromatic rings. The highest BCUT2D eigenvalue weighted by atomic mass is 16.5. The van der Waals surface area contributed by atoms with Crippen LogP contribution in [0.3, 0.4) is 0 Å². The van der Waals surface area contributed by atoms with Crippen LogP contribution in [0.2, 0.25) is 0 Å². The Bertz CT molecular complexity index is 1890. The molecule has 20 heteroatoms. The van der Waals surface area contributed by atoms with E-state index in [1.807, 2.05) is 36.0 Å². The van der Waals surface area contributed by atoms with Crippen LogP contribution in [0.4, 0.5) is 0 Å². The van der Waals surface area contributed by atoms with Gasteiger partial charge in [0.05, 0.1) is 101 Å². The molecule has 4 heterocycles. The third kappa shape index (κ3) is 11.8. The average molecular weight is 1010 g/mol. The Balaban J connectivity index is 0.000000178. The van der Waals surface area contributed by atoms with Gasteiger partial charge in [-0.3, -0.25) is 28.8 Å². The minimum atomic E-state index is -1.17. The molecule has 0 radical (unpaired) electrons. The molecule has 2 aromatic heterocycles. The summed E-state index contributed by atoms with van der Waals surface area (Å²) in [4.78, 5) is 27.4. The first-order valence-corrected chi connectivity index (χ1v) is 27.5. The van der Waals surface area contributed by atoms with Crippen LogP contribution in [0.15, 0.2) is 12.4 Å². The maximum atomic E-state index is 11.7. The van der Waals surface area contributed by atoms with Gasteiger partial charge in [-0.1, -0.05) is 24.3 Å². The monoisotopic (exact) mass is 1010 g/mol. The highest BCUT2D eigenvalue weighted by molar-refractivity contribution is 5.73. The Labute approximate surface area is 424 Å². The number of nitrogens with zero attached hydrogens (tertiary/aromatic N) is 8. The van der Waals surface area contributed by atoms with Crippen molar-refractivity contribution >= 4 is 11.8 Å². The van der Waals surface area contributed by atoms with Gasteiger partial charge in [-0.25, -0.2) is 0 Å². The highest BCUT2D eigenvalue weighted by Crippen LogP contribution is 2.61. The van der Waals surface area contributed by atoms with Crippen LogP contribution in [-0.2, 0) is 45.4 Å². The van der Waals surface area contributed by atoms with E-state index < -0.39 is 48.6 Å². The van der Waals surface area contributed by atoms with Gasteiger partial charge in [0.2, 0.25) is 11.8 Å². The zero-order chi connectivity index (χ0) is 50.9. The Morgan fingerprint density at radius 1 is 0.556 bits per heavy atom. The number of carbonyl (C=O) groups excluding carboxylic acids is 2. The number of carbonyl (C=O) groups is 2. The first-order chi connectivity index (χ1) is 34.6. The van der Waals surface area contributed by atoms with Crippen molar-refractivity contribution in [1.82, 2.24) is 50.4 Å². The molecule has 2 amide bonds. The minimum Gasteiger partial charge on any atom is -0.395 e. The van der Waals surface area contributed by atoms with E-state index in [0.717, 1.165) is 60.1 Å². The van der Waals surface area contributed by atoms with Crippen molar-refractivity contribution in [3.63, 3.8) is 0 Å². The fraction of sp³-hybridized carbons (Fsp3) is 0.885. The number of ether oxygens (including phenoxy) is 2. The lowest BCUT2D eigenvalue weighted by molar-refractivity contribution is -0.141. The van der Waals surface area contributed by atoms with E-state index in [4.69, 9.17) is 9.47 Å². The largest absolute Gasteiger partial charge is 0.395 e. The van der Waals surface area contributed by atoms with Gasteiger partial charge < -0.3 is 50.7 Å². The molecule has 10 aliphatic rings. The molecule has 10 fully saturated rings. The quantitative estimate of drug-likeness (QED) is 0.0932. The molecule has 8 bridgehead atoms. The van der Waals surface area contributed by atoms with E-state index in [9.17, 15) is 40.2 Å². The van der Waals surface area contributed by atoms with Crippen LogP contribution in [0.1, 0.15) is 129 Å². The molecule has 0 aromatic carbocycles. The highest BCUT2D eigenvalue weighted by Gasteiger charge is 2.53. The van der Waals surface area contributed by atoms with Crippen LogP contribution in [-0.4, -0.2) is 182 Å². The normalized spacial score (nSPS) is 40.0. The van der Waals surface area contributed by atoms with E-state index in [1.54, 1.807) is 9.36 Å². The molecular weight excluding hydrogens is 925 g/mol. The Morgan fingerprint density at radius 3 is 1.18 bits per heavy atom. The van der Waals surface area contributed by atoms with Crippen LogP contribution >= 0.6 is 0 Å². The van der Waals surface area contributed by atoms with Crippen LogP contribution in [0.5, 0.6) is 0 Å². The summed E-state index contributed by atoms with van der Waals surface area (Å²) in [7, 11) is 0. The number of nitrogens with one attached hydrogen (secondary N) is 2. The number of likely N-dealkylation sites (tertiary alicyclic amines) is 2. The predicted molar refractivity (Wildman–Crippen MR) is 263 cm³/mol. The summed E-state index contributed by atoms with van der Waals surface area (Å²) in [6.07, 6.45) is 17.0. The summed E-state index contributed by atoms with van der Waals surface area (Å²) < 4.78 is 15.9. The van der Waals surface area contributed by atoms with Gasteiger partial charge in [0.1, 0.15) is 23.6 Å². The zero-order valence-electron chi connectivity index (χ0n) is 43.3.